The number of hydrogen-bond acceptors (Lipinski definition) is 6. The van der Waals surface area contributed by atoms with E-state index in [1.807, 2.05) is 19.1 Å². The van der Waals surface area contributed by atoms with E-state index in [9.17, 15) is 9.59 Å². The molecular formula is C15H17N7O2. The van der Waals surface area contributed by atoms with Crippen LogP contribution in [-0.2, 0) is 20.6 Å². The van der Waals surface area contributed by atoms with Gasteiger partial charge in [-0.05, 0) is 13.0 Å². The molecule has 3 aromatic heterocycles. The Balaban J connectivity index is 2.08. The van der Waals surface area contributed by atoms with E-state index in [0.29, 0.717) is 23.7 Å². The number of anilines is 1. The Morgan fingerprint density at radius 1 is 1.29 bits per heavy atom. The number of imidazole rings is 1. The van der Waals surface area contributed by atoms with Crippen molar-refractivity contribution in [1.29, 1.82) is 0 Å². The summed E-state index contributed by atoms with van der Waals surface area (Å²) in [5.41, 5.74) is 3.54. The first kappa shape index (κ1) is 15.7. The molecule has 3 rings (SSSR count). The predicted molar refractivity (Wildman–Crippen MR) is 91.3 cm³/mol. The second-order valence-electron chi connectivity index (χ2n) is 5.21. The molecule has 0 aliphatic carbocycles. The van der Waals surface area contributed by atoms with Crippen LogP contribution in [0.5, 0.6) is 0 Å². The molecule has 0 spiro atoms. The second-order valence-corrected chi connectivity index (χ2v) is 5.21. The molecule has 124 valence electrons. The number of rotatable bonds is 4. The number of pyridine rings is 1. The lowest BCUT2D eigenvalue weighted by Gasteiger charge is -2.05. The lowest BCUT2D eigenvalue weighted by Crippen LogP contribution is -2.37. The van der Waals surface area contributed by atoms with Gasteiger partial charge in [0.1, 0.15) is 0 Å². The molecule has 0 radical (unpaired) electrons. The first-order valence-electron chi connectivity index (χ1n) is 7.40. The van der Waals surface area contributed by atoms with Gasteiger partial charge in [0, 0.05) is 38.6 Å². The monoisotopic (exact) mass is 327 g/mol. The molecule has 0 saturated heterocycles. The fraction of sp³-hybridized carbons (Fsp3) is 0.267. The quantitative estimate of drug-likeness (QED) is 0.549. The molecule has 9 heteroatoms. The molecule has 0 aliphatic rings. The Morgan fingerprint density at radius 3 is 2.75 bits per heavy atom. The number of fused-ring (bicyclic) bond motifs is 1. The summed E-state index contributed by atoms with van der Waals surface area (Å²) < 4.78 is 4.11. The highest BCUT2D eigenvalue weighted by atomic mass is 16.2. The van der Waals surface area contributed by atoms with Crippen molar-refractivity contribution in [1.82, 2.24) is 23.7 Å². The van der Waals surface area contributed by atoms with Gasteiger partial charge in [0.25, 0.3) is 5.56 Å². The van der Waals surface area contributed by atoms with Crippen molar-refractivity contribution in [3.05, 3.63) is 50.9 Å². The zero-order valence-electron chi connectivity index (χ0n) is 13.6. The van der Waals surface area contributed by atoms with Crippen LogP contribution in [0.1, 0.15) is 12.5 Å². The zero-order chi connectivity index (χ0) is 17.3. The molecule has 0 unspecified atom stereocenters. The number of nitrogens with zero attached hydrogens (tertiary/aromatic N) is 6. The van der Waals surface area contributed by atoms with E-state index in [1.165, 1.54) is 11.6 Å². The number of nitrogens with one attached hydrogen (secondary N) is 1. The van der Waals surface area contributed by atoms with E-state index >= 15 is 0 Å². The summed E-state index contributed by atoms with van der Waals surface area (Å²) in [5, 5.41) is 4.13. The number of aryl methyl sites for hydroxylation is 2. The third kappa shape index (κ3) is 2.49. The number of aromatic nitrogens is 5. The summed E-state index contributed by atoms with van der Waals surface area (Å²) in [6.45, 7) is 2.40. The van der Waals surface area contributed by atoms with E-state index in [0.717, 1.165) is 10.1 Å². The van der Waals surface area contributed by atoms with Gasteiger partial charge in [-0.25, -0.2) is 10.2 Å². The van der Waals surface area contributed by atoms with Crippen LogP contribution in [0.2, 0.25) is 0 Å². The largest absolute Gasteiger partial charge is 0.332 e. The lowest BCUT2D eigenvalue weighted by molar-refractivity contribution is 0.700. The Morgan fingerprint density at radius 2 is 2.08 bits per heavy atom. The Hall–Kier alpha value is -3.23. The standard InChI is InChI=1S/C15H17N7O2/c1-4-22-11-12(20(2)15(24)21(3)13(11)23)18-14(22)19-17-9-10-6-5-7-16-8-10/h5-9H,4H2,1-3H3,(H,18,19)/b17-9-. The number of hydrazone groups is 1. The first-order chi connectivity index (χ1) is 11.5. The van der Waals surface area contributed by atoms with E-state index < -0.39 is 5.69 Å². The Labute approximate surface area is 136 Å². The minimum atomic E-state index is -0.418. The fourth-order valence-corrected chi connectivity index (χ4v) is 2.46. The summed E-state index contributed by atoms with van der Waals surface area (Å²) in [6.07, 6.45) is 4.95. The van der Waals surface area contributed by atoms with E-state index in [4.69, 9.17) is 0 Å². The van der Waals surface area contributed by atoms with Crippen LogP contribution in [0.25, 0.3) is 11.2 Å². The van der Waals surface area contributed by atoms with Crippen molar-refractivity contribution in [3.63, 3.8) is 0 Å². The van der Waals surface area contributed by atoms with Crippen molar-refractivity contribution in [2.45, 2.75) is 13.5 Å². The topological polar surface area (TPSA) is 99.1 Å². The molecule has 0 saturated carbocycles. The summed E-state index contributed by atoms with van der Waals surface area (Å²) in [5.74, 6) is 0.394. The van der Waals surface area contributed by atoms with Crippen LogP contribution in [0.3, 0.4) is 0 Å². The van der Waals surface area contributed by atoms with Crippen LogP contribution in [0, 0.1) is 0 Å². The molecule has 9 nitrogen and oxygen atoms in total. The van der Waals surface area contributed by atoms with Gasteiger partial charge in [0.15, 0.2) is 11.2 Å². The molecule has 0 fully saturated rings. The molecule has 1 N–H and O–H groups in total. The number of hydrogen-bond donors (Lipinski definition) is 1. The molecule has 3 heterocycles. The van der Waals surface area contributed by atoms with Crippen LogP contribution < -0.4 is 16.7 Å². The average Bonchev–Trinajstić information content (AvgIpc) is 2.97. The van der Waals surface area contributed by atoms with Gasteiger partial charge < -0.3 is 4.57 Å². The summed E-state index contributed by atoms with van der Waals surface area (Å²) in [4.78, 5) is 32.8. The van der Waals surface area contributed by atoms with Crippen LogP contribution in [0.4, 0.5) is 5.95 Å². The van der Waals surface area contributed by atoms with Gasteiger partial charge in [-0.3, -0.25) is 18.9 Å². The van der Waals surface area contributed by atoms with Crippen molar-refractivity contribution in [2.24, 2.45) is 19.2 Å². The minimum Gasteiger partial charge on any atom is -0.303 e. The van der Waals surface area contributed by atoms with Crippen LogP contribution in [-0.4, -0.2) is 29.9 Å². The highest BCUT2D eigenvalue weighted by molar-refractivity contribution is 5.80. The molecule has 0 aliphatic heterocycles. The van der Waals surface area contributed by atoms with Crippen molar-refractivity contribution in [2.75, 3.05) is 5.43 Å². The first-order valence-corrected chi connectivity index (χ1v) is 7.40. The summed E-state index contributed by atoms with van der Waals surface area (Å²) >= 11 is 0. The predicted octanol–water partition coefficient (Wildman–Crippen LogP) is 0.295. The fourth-order valence-electron chi connectivity index (χ4n) is 2.46. The van der Waals surface area contributed by atoms with Gasteiger partial charge in [-0.15, -0.1) is 0 Å². The van der Waals surface area contributed by atoms with Gasteiger partial charge in [-0.2, -0.15) is 10.1 Å². The van der Waals surface area contributed by atoms with Crippen molar-refractivity contribution in [3.8, 4) is 0 Å². The van der Waals surface area contributed by atoms with Crippen LogP contribution >= 0.6 is 0 Å². The molecule has 0 amide bonds. The van der Waals surface area contributed by atoms with Crippen molar-refractivity contribution < 1.29 is 0 Å². The normalized spacial score (nSPS) is 11.5. The van der Waals surface area contributed by atoms with Crippen LogP contribution in [0.15, 0.2) is 39.2 Å². The lowest BCUT2D eigenvalue weighted by atomic mass is 10.3. The maximum Gasteiger partial charge on any atom is 0.332 e. The Bertz CT molecular complexity index is 1030. The zero-order valence-corrected chi connectivity index (χ0v) is 13.6. The van der Waals surface area contributed by atoms with Gasteiger partial charge in [0.05, 0.1) is 6.21 Å². The second kappa shape index (κ2) is 6.11. The summed E-state index contributed by atoms with van der Waals surface area (Å²) in [6, 6.07) is 3.67. The third-order valence-corrected chi connectivity index (χ3v) is 3.73. The third-order valence-electron chi connectivity index (χ3n) is 3.73. The molecule has 0 bridgehead atoms. The minimum absolute atomic E-state index is 0.323. The highest BCUT2D eigenvalue weighted by Gasteiger charge is 2.17. The average molecular weight is 327 g/mol. The summed E-state index contributed by atoms with van der Waals surface area (Å²) in [7, 11) is 3.03. The maximum absolute atomic E-state index is 12.4. The maximum atomic E-state index is 12.4. The van der Waals surface area contributed by atoms with E-state index in [1.54, 1.807) is 30.2 Å². The molecule has 3 aromatic rings. The smallest absolute Gasteiger partial charge is 0.303 e. The highest BCUT2D eigenvalue weighted by Crippen LogP contribution is 2.15. The molecular weight excluding hydrogens is 310 g/mol. The molecule has 24 heavy (non-hydrogen) atoms. The molecule has 0 aromatic carbocycles. The van der Waals surface area contributed by atoms with E-state index in [2.05, 4.69) is 20.5 Å². The van der Waals surface area contributed by atoms with Gasteiger partial charge >= 0.3 is 5.69 Å². The SMILES string of the molecule is CCn1c(N/N=C\c2cccnc2)nc2c1c(=O)n(C)c(=O)n2C. The van der Waals surface area contributed by atoms with Gasteiger partial charge in [-0.1, -0.05) is 6.07 Å². The Kier molecular flexibility index (Phi) is 3.98. The van der Waals surface area contributed by atoms with Crippen molar-refractivity contribution >= 4 is 23.3 Å². The van der Waals surface area contributed by atoms with Gasteiger partial charge in [0.2, 0.25) is 5.95 Å². The molecule has 0 atom stereocenters. The van der Waals surface area contributed by atoms with E-state index in [-0.39, 0.29) is 5.56 Å².